The quantitative estimate of drug-likeness (QED) is 0.682. The van der Waals surface area contributed by atoms with Crippen LogP contribution in [0.3, 0.4) is 0 Å². The molecule has 1 saturated heterocycles. The van der Waals surface area contributed by atoms with Gasteiger partial charge in [-0.1, -0.05) is 12.1 Å². The predicted octanol–water partition coefficient (Wildman–Crippen LogP) is 2.55. The molecule has 31 heavy (non-hydrogen) atoms. The van der Waals surface area contributed by atoms with Crippen LogP contribution in [0.2, 0.25) is 0 Å². The number of halogens is 3. The number of carbonyl (C=O) groups is 1. The highest BCUT2D eigenvalue weighted by molar-refractivity contribution is 5.81. The summed E-state index contributed by atoms with van der Waals surface area (Å²) in [6.45, 7) is 3.55. The zero-order chi connectivity index (χ0) is 21.8. The van der Waals surface area contributed by atoms with Crippen molar-refractivity contribution in [2.45, 2.75) is 32.7 Å². The molecule has 2 aromatic heterocycles. The fourth-order valence-electron chi connectivity index (χ4n) is 3.92. The first-order valence-corrected chi connectivity index (χ1v) is 9.81. The molecule has 5 rings (SSSR count). The standard InChI is InChI=1S/C20H19F3N6O2/c1-11-26-27-19-25-17(24-6-12-3-2-4-14(5-12)20(21,22)23)15-7-28(8-16(15)29(11)19)18(30)13-9-31-10-13/h2-5,13H,6-10H2,1H3,(H,24,25,27). The highest BCUT2D eigenvalue weighted by Gasteiger charge is 2.36. The Morgan fingerprint density at radius 3 is 2.77 bits per heavy atom. The molecular formula is C20H19F3N6O2. The molecule has 3 aromatic rings. The summed E-state index contributed by atoms with van der Waals surface area (Å²) >= 11 is 0. The van der Waals surface area contributed by atoms with Crippen molar-refractivity contribution in [1.82, 2.24) is 24.5 Å². The van der Waals surface area contributed by atoms with Gasteiger partial charge < -0.3 is 15.0 Å². The molecule has 2 aliphatic rings. The summed E-state index contributed by atoms with van der Waals surface area (Å²) in [6, 6.07) is 5.15. The number of fused-ring (bicyclic) bond motifs is 3. The second-order valence-corrected chi connectivity index (χ2v) is 7.75. The van der Waals surface area contributed by atoms with Gasteiger partial charge in [0.05, 0.1) is 43.5 Å². The van der Waals surface area contributed by atoms with E-state index in [1.165, 1.54) is 6.07 Å². The number of benzene rings is 1. The minimum atomic E-state index is -4.40. The monoisotopic (exact) mass is 432 g/mol. The molecule has 4 heterocycles. The zero-order valence-corrected chi connectivity index (χ0v) is 16.6. The number of hydrogen-bond acceptors (Lipinski definition) is 6. The lowest BCUT2D eigenvalue weighted by Crippen LogP contribution is -2.42. The van der Waals surface area contributed by atoms with E-state index in [0.717, 1.165) is 23.4 Å². The molecule has 1 N–H and O–H groups in total. The van der Waals surface area contributed by atoms with E-state index in [1.54, 1.807) is 11.0 Å². The normalized spacial score (nSPS) is 16.5. The van der Waals surface area contributed by atoms with E-state index in [4.69, 9.17) is 4.74 Å². The van der Waals surface area contributed by atoms with Crippen molar-refractivity contribution in [3.8, 4) is 0 Å². The van der Waals surface area contributed by atoms with Crippen molar-refractivity contribution in [3.05, 3.63) is 52.5 Å². The molecule has 0 spiro atoms. The van der Waals surface area contributed by atoms with Crippen molar-refractivity contribution in [2.75, 3.05) is 18.5 Å². The molecule has 0 bridgehead atoms. The average molecular weight is 432 g/mol. The lowest BCUT2D eigenvalue weighted by molar-refractivity contribution is -0.150. The van der Waals surface area contributed by atoms with Crippen LogP contribution in [-0.2, 0) is 35.3 Å². The van der Waals surface area contributed by atoms with Gasteiger partial charge in [-0.3, -0.25) is 9.20 Å². The first-order chi connectivity index (χ1) is 14.8. The largest absolute Gasteiger partial charge is 0.416 e. The minimum absolute atomic E-state index is 0.0187. The van der Waals surface area contributed by atoms with Crippen LogP contribution in [0, 0.1) is 12.8 Å². The number of alkyl halides is 3. The fraction of sp³-hybridized carbons (Fsp3) is 0.400. The second kappa shape index (κ2) is 7.19. The molecule has 2 aliphatic heterocycles. The summed E-state index contributed by atoms with van der Waals surface area (Å²) in [5.74, 6) is 1.41. The number of rotatable bonds is 4. The van der Waals surface area contributed by atoms with Crippen LogP contribution in [0.25, 0.3) is 5.78 Å². The molecule has 1 aromatic carbocycles. The fourth-order valence-corrected chi connectivity index (χ4v) is 3.92. The van der Waals surface area contributed by atoms with Crippen LogP contribution in [0.4, 0.5) is 19.0 Å². The predicted molar refractivity (Wildman–Crippen MR) is 103 cm³/mol. The third kappa shape index (κ3) is 3.48. The number of aryl methyl sites for hydroxylation is 1. The van der Waals surface area contributed by atoms with E-state index < -0.39 is 11.7 Å². The van der Waals surface area contributed by atoms with Crippen LogP contribution in [0.15, 0.2) is 24.3 Å². The summed E-state index contributed by atoms with van der Waals surface area (Å²) in [5, 5.41) is 11.3. The van der Waals surface area contributed by atoms with E-state index in [1.807, 2.05) is 11.3 Å². The number of nitrogens with one attached hydrogen (secondary N) is 1. The SMILES string of the molecule is Cc1nnc2nc(NCc3cccc(C(F)(F)F)c3)c3c(n12)CN(C(=O)C1COC1)C3. The summed E-state index contributed by atoms with van der Waals surface area (Å²) in [7, 11) is 0. The molecule has 0 aliphatic carbocycles. The second-order valence-electron chi connectivity index (χ2n) is 7.75. The van der Waals surface area contributed by atoms with Gasteiger partial charge in [-0.25, -0.2) is 0 Å². The third-order valence-electron chi connectivity index (χ3n) is 5.63. The highest BCUT2D eigenvalue weighted by Crippen LogP contribution is 2.32. The number of amides is 1. The number of carbonyl (C=O) groups excluding carboxylic acids is 1. The maximum Gasteiger partial charge on any atom is 0.416 e. The van der Waals surface area contributed by atoms with Crippen LogP contribution in [0.1, 0.15) is 28.2 Å². The summed E-state index contributed by atoms with van der Waals surface area (Å²) in [6.07, 6.45) is -4.40. The van der Waals surface area contributed by atoms with Crippen molar-refractivity contribution >= 4 is 17.5 Å². The van der Waals surface area contributed by atoms with Gasteiger partial charge in [0.25, 0.3) is 5.78 Å². The van der Waals surface area contributed by atoms with Crippen molar-refractivity contribution in [3.63, 3.8) is 0 Å². The van der Waals surface area contributed by atoms with Gasteiger partial charge in [0.2, 0.25) is 5.91 Å². The first-order valence-electron chi connectivity index (χ1n) is 9.81. The Morgan fingerprint density at radius 1 is 1.26 bits per heavy atom. The Kier molecular flexibility index (Phi) is 4.58. The van der Waals surface area contributed by atoms with Gasteiger partial charge in [-0.2, -0.15) is 18.2 Å². The molecule has 0 radical (unpaired) electrons. The van der Waals surface area contributed by atoms with Gasteiger partial charge in [-0.05, 0) is 24.6 Å². The minimum Gasteiger partial charge on any atom is -0.380 e. The Balaban J connectivity index is 1.45. The van der Waals surface area contributed by atoms with Crippen LogP contribution < -0.4 is 5.32 Å². The van der Waals surface area contributed by atoms with Crippen LogP contribution >= 0.6 is 0 Å². The van der Waals surface area contributed by atoms with E-state index in [2.05, 4.69) is 20.5 Å². The maximum atomic E-state index is 13.0. The molecule has 0 saturated carbocycles. The smallest absolute Gasteiger partial charge is 0.380 e. The Morgan fingerprint density at radius 2 is 2.06 bits per heavy atom. The number of ether oxygens (including phenoxy) is 1. The molecule has 0 atom stereocenters. The molecular weight excluding hydrogens is 413 g/mol. The molecule has 11 heteroatoms. The van der Waals surface area contributed by atoms with Crippen LogP contribution in [0.5, 0.6) is 0 Å². The number of aromatic nitrogens is 4. The van der Waals surface area contributed by atoms with Gasteiger partial charge in [-0.15, -0.1) is 10.2 Å². The Labute approximate surface area is 175 Å². The average Bonchev–Trinajstić information content (AvgIpc) is 3.28. The number of hydrogen-bond donors (Lipinski definition) is 1. The van der Waals surface area contributed by atoms with E-state index in [-0.39, 0.29) is 18.4 Å². The lowest BCUT2D eigenvalue weighted by Gasteiger charge is -2.29. The first kappa shape index (κ1) is 19.7. The Bertz CT molecular complexity index is 1170. The zero-order valence-electron chi connectivity index (χ0n) is 16.6. The van der Waals surface area contributed by atoms with E-state index in [0.29, 0.717) is 49.3 Å². The number of nitrogens with zero attached hydrogens (tertiary/aromatic N) is 5. The molecule has 1 amide bonds. The van der Waals surface area contributed by atoms with E-state index >= 15 is 0 Å². The van der Waals surface area contributed by atoms with Gasteiger partial charge in [0, 0.05) is 12.1 Å². The topological polar surface area (TPSA) is 84.7 Å². The van der Waals surface area contributed by atoms with Gasteiger partial charge in [0.15, 0.2) is 0 Å². The van der Waals surface area contributed by atoms with Crippen molar-refractivity contribution in [2.24, 2.45) is 5.92 Å². The van der Waals surface area contributed by atoms with Crippen LogP contribution in [-0.4, -0.2) is 43.6 Å². The van der Waals surface area contributed by atoms with Crippen molar-refractivity contribution in [1.29, 1.82) is 0 Å². The summed E-state index contributed by atoms with van der Waals surface area (Å²) < 4.78 is 46.0. The molecule has 8 nitrogen and oxygen atoms in total. The maximum absolute atomic E-state index is 13.0. The third-order valence-corrected chi connectivity index (χ3v) is 5.63. The van der Waals surface area contributed by atoms with E-state index in [9.17, 15) is 18.0 Å². The highest BCUT2D eigenvalue weighted by atomic mass is 19.4. The number of anilines is 1. The molecule has 1 fully saturated rings. The van der Waals surface area contributed by atoms with Gasteiger partial charge >= 0.3 is 6.18 Å². The summed E-state index contributed by atoms with van der Waals surface area (Å²) in [4.78, 5) is 19.0. The lowest BCUT2D eigenvalue weighted by atomic mass is 10.1. The summed E-state index contributed by atoms with van der Waals surface area (Å²) in [5.41, 5.74) is 1.44. The molecule has 0 unspecified atom stereocenters. The Hall–Kier alpha value is -3.21. The van der Waals surface area contributed by atoms with Gasteiger partial charge in [0.1, 0.15) is 11.6 Å². The van der Waals surface area contributed by atoms with Crippen molar-refractivity contribution < 1.29 is 22.7 Å². The molecule has 162 valence electrons.